The lowest BCUT2D eigenvalue weighted by Gasteiger charge is -2.14. The lowest BCUT2D eigenvalue weighted by atomic mass is 10.1. The Bertz CT molecular complexity index is 854. The zero-order valence-corrected chi connectivity index (χ0v) is 14.4. The van der Waals surface area contributed by atoms with Crippen LogP contribution in [0.3, 0.4) is 0 Å². The molecule has 1 amide bonds. The number of rotatable bonds is 8. The smallest absolute Gasteiger partial charge is 0.267 e. The number of hydroxylamine groups is 1. The van der Waals surface area contributed by atoms with Gasteiger partial charge >= 0.3 is 0 Å². The van der Waals surface area contributed by atoms with Crippen molar-refractivity contribution in [3.63, 3.8) is 0 Å². The first kappa shape index (κ1) is 18.7. The van der Waals surface area contributed by atoms with E-state index in [2.05, 4.69) is 6.58 Å². The summed E-state index contributed by atoms with van der Waals surface area (Å²) in [6.45, 7) is 3.66. The van der Waals surface area contributed by atoms with Gasteiger partial charge in [-0.1, -0.05) is 36.4 Å². The van der Waals surface area contributed by atoms with Gasteiger partial charge in [0.2, 0.25) is 10.0 Å². The molecule has 1 unspecified atom stereocenters. The Morgan fingerprint density at radius 1 is 1.28 bits per heavy atom. The number of hydrogen-bond acceptors (Lipinski definition) is 4. The highest BCUT2D eigenvalue weighted by molar-refractivity contribution is 7.90. The summed E-state index contributed by atoms with van der Waals surface area (Å²) in [4.78, 5) is 11.0. The molecule has 0 aliphatic rings. The molecule has 2 rings (SSSR count). The van der Waals surface area contributed by atoms with Crippen molar-refractivity contribution in [1.82, 2.24) is 9.45 Å². The minimum atomic E-state index is -3.63. The van der Waals surface area contributed by atoms with E-state index < -0.39 is 21.2 Å². The van der Waals surface area contributed by atoms with Crippen LogP contribution in [-0.4, -0.2) is 28.8 Å². The quantitative estimate of drug-likeness (QED) is 0.327. The van der Waals surface area contributed by atoms with Crippen LogP contribution < -0.4 is 5.48 Å². The van der Waals surface area contributed by atoms with Crippen LogP contribution in [0.5, 0.6) is 0 Å². The minimum Gasteiger partial charge on any atom is -0.288 e. The zero-order chi connectivity index (χ0) is 18.3. The van der Waals surface area contributed by atoms with Crippen LogP contribution in [0.15, 0.2) is 67.5 Å². The summed E-state index contributed by atoms with van der Waals surface area (Å²) in [7, 11) is -3.63. The number of benzene rings is 1. The van der Waals surface area contributed by atoms with Crippen LogP contribution >= 0.6 is 0 Å². The van der Waals surface area contributed by atoms with Crippen molar-refractivity contribution in [2.45, 2.75) is 18.1 Å². The molecule has 1 aromatic heterocycles. The van der Waals surface area contributed by atoms with E-state index in [1.165, 1.54) is 30.0 Å². The van der Waals surface area contributed by atoms with E-state index in [-0.39, 0.29) is 0 Å². The molecule has 0 aliphatic carbocycles. The van der Waals surface area contributed by atoms with Gasteiger partial charge in [0.15, 0.2) is 0 Å². The van der Waals surface area contributed by atoms with Crippen molar-refractivity contribution >= 4 is 22.0 Å². The third-order valence-electron chi connectivity index (χ3n) is 3.73. The summed E-state index contributed by atoms with van der Waals surface area (Å²) in [5, 5.41) is 7.72. The fourth-order valence-electron chi connectivity index (χ4n) is 2.36. The largest absolute Gasteiger partial charge is 0.288 e. The average Bonchev–Trinajstić information content (AvgIpc) is 3.10. The van der Waals surface area contributed by atoms with E-state index in [1.807, 2.05) is 30.3 Å². The zero-order valence-electron chi connectivity index (χ0n) is 13.6. The number of hydrogen-bond donors (Lipinski definition) is 2. The van der Waals surface area contributed by atoms with Crippen LogP contribution in [0.1, 0.15) is 17.5 Å². The lowest BCUT2D eigenvalue weighted by Crippen LogP contribution is -2.25. The molecule has 1 atom stereocenters. The van der Waals surface area contributed by atoms with Gasteiger partial charge in [-0.25, -0.2) is 13.9 Å². The summed E-state index contributed by atoms with van der Waals surface area (Å²) in [5.74, 6) is -0.692. The minimum absolute atomic E-state index is 0.423. The van der Waals surface area contributed by atoms with E-state index in [0.29, 0.717) is 18.4 Å². The highest BCUT2D eigenvalue weighted by atomic mass is 32.2. The van der Waals surface area contributed by atoms with Crippen molar-refractivity contribution in [2.75, 3.05) is 0 Å². The first-order valence-electron chi connectivity index (χ1n) is 7.68. The third-order valence-corrected chi connectivity index (χ3v) is 5.74. The molecule has 0 saturated carbocycles. The summed E-state index contributed by atoms with van der Waals surface area (Å²) in [5.41, 5.74) is 3.06. The predicted molar refractivity (Wildman–Crippen MR) is 96.5 cm³/mol. The molecule has 2 aromatic rings. The van der Waals surface area contributed by atoms with E-state index in [9.17, 15) is 13.2 Å². The molecular weight excluding hydrogens is 340 g/mol. The molecule has 2 N–H and O–H groups in total. The summed E-state index contributed by atoms with van der Waals surface area (Å²) >= 11 is 0. The Kier molecular flexibility index (Phi) is 6.32. The molecule has 0 bridgehead atoms. The standard InChI is InChI=1S/C18H20N2O4S/c1-2-17(10-8-15-6-4-3-5-7-15)25(23,24)20-13-12-16(14-20)9-11-18(21)19-22/h2-7,9,11-14,17,22H,1,8,10H2,(H,19,21). The van der Waals surface area contributed by atoms with E-state index >= 15 is 0 Å². The fourth-order valence-corrected chi connectivity index (χ4v) is 3.83. The van der Waals surface area contributed by atoms with Crippen molar-refractivity contribution in [2.24, 2.45) is 0 Å². The van der Waals surface area contributed by atoms with E-state index in [4.69, 9.17) is 5.21 Å². The van der Waals surface area contributed by atoms with E-state index in [1.54, 1.807) is 6.07 Å². The number of aromatic nitrogens is 1. The van der Waals surface area contributed by atoms with Gasteiger partial charge in [0, 0.05) is 18.5 Å². The molecule has 1 heterocycles. The Morgan fingerprint density at radius 3 is 2.64 bits per heavy atom. The number of aryl methyl sites for hydroxylation is 1. The first-order chi connectivity index (χ1) is 12.0. The molecule has 25 heavy (non-hydrogen) atoms. The number of carbonyl (C=O) groups is 1. The van der Waals surface area contributed by atoms with E-state index in [0.717, 1.165) is 15.6 Å². The van der Waals surface area contributed by atoms with Gasteiger partial charge in [-0.2, -0.15) is 0 Å². The maximum Gasteiger partial charge on any atom is 0.267 e. The predicted octanol–water partition coefficient (Wildman–Crippen LogP) is 2.37. The first-order valence-corrected chi connectivity index (χ1v) is 9.18. The Balaban J connectivity index is 2.12. The maximum atomic E-state index is 12.7. The van der Waals surface area contributed by atoms with Crippen LogP contribution in [-0.2, 0) is 21.2 Å². The summed E-state index contributed by atoms with van der Waals surface area (Å²) in [6.07, 6.45) is 7.83. The topological polar surface area (TPSA) is 88.4 Å². The van der Waals surface area contributed by atoms with Crippen molar-refractivity contribution in [3.8, 4) is 0 Å². The second kappa shape index (κ2) is 8.46. The maximum absolute atomic E-state index is 12.7. The van der Waals surface area contributed by atoms with Crippen LogP contribution in [0.2, 0.25) is 0 Å². The molecular formula is C18H20N2O4S. The number of nitrogens with one attached hydrogen (secondary N) is 1. The summed E-state index contributed by atoms with van der Waals surface area (Å²) < 4.78 is 26.6. The highest BCUT2D eigenvalue weighted by Crippen LogP contribution is 2.17. The van der Waals surface area contributed by atoms with Gasteiger partial charge in [-0.3, -0.25) is 14.0 Å². The SMILES string of the molecule is C=CC(CCc1ccccc1)S(=O)(=O)n1ccc(C=CC(=O)NO)c1. The Morgan fingerprint density at radius 2 is 2.00 bits per heavy atom. The van der Waals surface area contributed by atoms with Crippen LogP contribution in [0.25, 0.3) is 6.08 Å². The van der Waals surface area contributed by atoms with Gasteiger partial charge in [-0.15, -0.1) is 6.58 Å². The second-order valence-electron chi connectivity index (χ2n) is 5.43. The lowest BCUT2D eigenvalue weighted by molar-refractivity contribution is -0.124. The second-order valence-corrected chi connectivity index (χ2v) is 7.48. The highest BCUT2D eigenvalue weighted by Gasteiger charge is 2.24. The van der Waals surface area contributed by atoms with Crippen molar-refractivity contribution in [3.05, 3.63) is 78.6 Å². The van der Waals surface area contributed by atoms with Crippen molar-refractivity contribution in [1.29, 1.82) is 0 Å². The normalized spacial score (nSPS) is 12.8. The van der Waals surface area contributed by atoms with Crippen molar-refractivity contribution < 1.29 is 18.4 Å². The van der Waals surface area contributed by atoms with Crippen LogP contribution in [0, 0.1) is 0 Å². The molecule has 0 radical (unpaired) electrons. The van der Waals surface area contributed by atoms with Gasteiger partial charge in [0.1, 0.15) is 0 Å². The number of carbonyl (C=O) groups excluding carboxylic acids is 1. The Labute approximate surface area is 147 Å². The third kappa shape index (κ3) is 4.91. The Hall–Kier alpha value is -2.64. The van der Waals surface area contributed by atoms with Gasteiger partial charge in [-0.05, 0) is 36.1 Å². The number of nitrogens with zero attached hydrogens (tertiary/aromatic N) is 1. The van der Waals surface area contributed by atoms with Gasteiger partial charge in [0.25, 0.3) is 5.91 Å². The molecule has 132 valence electrons. The van der Waals surface area contributed by atoms with Gasteiger partial charge < -0.3 is 0 Å². The molecule has 0 spiro atoms. The van der Waals surface area contributed by atoms with Crippen LogP contribution in [0.4, 0.5) is 0 Å². The van der Waals surface area contributed by atoms with Gasteiger partial charge in [0.05, 0.1) is 5.25 Å². The summed E-state index contributed by atoms with van der Waals surface area (Å²) in [6, 6.07) is 11.2. The molecule has 6 nitrogen and oxygen atoms in total. The monoisotopic (exact) mass is 360 g/mol. The molecule has 0 fully saturated rings. The average molecular weight is 360 g/mol. The fraction of sp³-hybridized carbons (Fsp3) is 0.167. The molecule has 0 aliphatic heterocycles. The number of amides is 1. The molecule has 0 saturated heterocycles. The molecule has 1 aromatic carbocycles. The molecule has 7 heteroatoms.